The highest BCUT2D eigenvalue weighted by atomic mass is 32.1. The molecule has 0 spiro atoms. The molecule has 94 valence electrons. The molecule has 1 aromatic rings. The van der Waals surface area contributed by atoms with Crippen molar-refractivity contribution in [2.24, 2.45) is 5.41 Å². The van der Waals surface area contributed by atoms with Gasteiger partial charge in [0.2, 0.25) is 5.69 Å². The topological polar surface area (TPSA) is 57.4 Å². The minimum atomic E-state index is -1.09. The normalized spacial score (nSPS) is 10.4. The van der Waals surface area contributed by atoms with E-state index in [-0.39, 0.29) is 16.0 Å². The Balaban J connectivity index is 3.25. The Morgan fingerprint density at radius 3 is 2.61 bits per heavy atom. The number of carboxylic acid groups (broad SMARTS) is 1. The Morgan fingerprint density at radius 2 is 2.17 bits per heavy atom. The lowest BCUT2D eigenvalue weighted by Gasteiger charge is -2.06. The zero-order valence-corrected chi connectivity index (χ0v) is 11.3. The largest absolute Gasteiger partial charge is 0.477 e. The molecule has 0 saturated carbocycles. The molecule has 1 N–H and O–H groups in total. The highest BCUT2D eigenvalue weighted by molar-refractivity contribution is 7.15. The number of thiophene rings is 1. The van der Waals surface area contributed by atoms with E-state index >= 15 is 0 Å². The van der Waals surface area contributed by atoms with Crippen LogP contribution in [0.2, 0.25) is 0 Å². The molecule has 0 bridgehead atoms. The number of aromatic carboxylic acids is 1. The summed E-state index contributed by atoms with van der Waals surface area (Å²) in [7, 11) is 0. The van der Waals surface area contributed by atoms with Crippen LogP contribution in [0.4, 0.5) is 5.69 Å². The predicted molar refractivity (Wildman–Crippen MR) is 70.7 cm³/mol. The van der Waals surface area contributed by atoms with Gasteiger partial charge < -0.3 is 5.11 Å². The van der Waals surface area contributed by atoms with Crippen molar-refractivity contribution in [3.05, 3.63) is 15.8 Å². The summed E-state index contributed by atoms with van der Waals surface area (Å²) < 4.78 is 0.988. The first-order chi connectivity index (χ1) is 8.24. The Kier molecular flexibility index (Phi) is 4.04. The summed E-state index contributed by atoms with van der Waals surface area (Å²) in [5.74, 6) is 4.84. The van der Waals surface area contributed by atoms with E-state index in [1.54, 1.807) is 6.07 Å². The first-order valence-electron chi connectivity index (χ1n) is 5.20. The number of carbonyl (C=O) groups excluding carboxylic acids is 1. The van der Waals surface area contributed by atoms with Gasteiger partial charge in [0.25, 0.3) is 0 Å². The molecule has 0 aliphatic rings. The number of carboxylic acids is 1. The molecule has 1 aromatic heterocycles. The highest BCUT2D eigenvalue weighted by Gasteiger charge is 2.22. The van der Waals surface area contributed by atoms with E-state index in [9.17, 15) is 9.59 Å². The van der Waals surface area contributed by atoms with Crippen LogP contribution in [-0.2, 0) is 4.79 Å². The molecule has 0 fully saturated rings. The Bertz CT molecular complexity index is 567. The van der Waals surface area contributed by atoms with Crippen LogP contribution in [0.25, 0.3) is 0 Å². The van der Waals surface area contributed by atoms with Gasteiger partial charge in [-0.3, -0.25) is 0 Å². The van der Waals surface area contributed by atoms with Crippen LogP contribution >= 0.6 is 11.3 Å². The monoisotopic (exact) mass is 264 g/mol. The fraction of sp³-hybridized carbons (Fsp3) is 0.308. The van der Waals surface area contributed by atoms with E-state index in [0.29, 0.717) is 11.3 Å². The lowest BCUT2D eigenvalue weighted by atomic mass is 9.98. The van der Waals surface area contributed by atoms with Gasteiger partial charge in [-0.05, 0) is 20.8 Å². The fourth-order valence-electron chi connectivity index (χ4n) is 1.12. The van der Waals surface area contributed by atoms with Gasteiger partial charge in [-0.1, -0.05) is 11.8 Å². The average Bonchev–Trinajstić information content (AvgIpc) is 2.68. The molecule has 4 nitrogen and oxygen atoms in total. The molecule has 0 atom stereocenters. The van der Waals surface area contributed by atoms with Gasteiger partial charge >= 0.3 is 12.4 Å². The number of amides is 1. The van der Waals surface area contributed by atoms with Crippen molar-refractivity contribution in [1.82, 2.24) is 0 Å². The van der Waals surface area contributed by atoms with E-state index in [1.807, 2.05) is 20.8 Å². The van der Waals surface area contributed by atoms with Crippen molar-refractivity contribution < 1.29 is 19.3 Å². The molecule has 0 unspecified atom stereocenters. The predicted octanol–water partition coefficient (Wildman–Crippen LogP) is 2.34. The third kappa shape index (κ3) is 3.54. The molecule has 0 radical (unpaired) electrons. The van der Waals surface area contributed by atoms with Crippen LogP contribution in [0.3, 0.4) is 0 Å². The van der Waals surface area contributed by atoms with Gasteiger partial charge in [0.1, 0.15) is 6.72 Å². The lowest BCUT2D eigenvalue weighted by molar-refractivity contribution is -0.339. The van der Waals surface area contributed by atoms with Gasteiger partial charge in [0, 0.05) is 11.5 Å². The van der Waals surface area contributed by atoms with Crippen LogP contribution in [-0.4, -0.2) is 28.8 Å². The zero-order chi connectivity index (χ0) is 13.9. The van der Waals surface area contributed by atoms with E-state index in [0.717, 1.165) is 15.9 Å². The Labute approximate surface area is 110 Å². The maximum atomic E-state index is 11.0. The lowest BCUT2D eigenvalue weighted by Crippen LogP contribution is -2.02. The van der Waals surface area contributed by atoms with Gasteiger partial charge in [-0.2, -0.15) is 0 Å². The molecule has 1 rings (SSSR count). The van der Waals surface area contributed by atoms with Crippen molar-refractivity contribution in [3.63, 3.8) is 0 Å². The number of carbonyl (C=O) groups is 2. The van der Waals surface area contributed by atoms with Gasteiger partial charge in [-0.15, -0.1) is 15.9 Å². The smallest absolute Gasteiger partial charge is 0.380 e. The summed E-state index contributed by atoms with van der Waals surface area (Å²) in [6.45, 7) is 9.34. The standard InChI is InChI=1S/C13H13NO3S/c1-13(2,3)6-5-9-7-10(14(4)8-15)11(18-9)12(16)17/h7-8H,4H2,1-3H3/p+1. The highest BCUT2D eigenvalue weighted by Crippen LogP contribution is 2.28. The average molecular weight is 264 g/mol. The first-order valence-corrected chi connectivity index (χ1v) is 6.01. The quantitative estimate of drug-likeness (QED) is 0.394. The third-order valence-electron chi connectivity index (χ3n) is 1.90. The molecule has 0 aromatic carbocycles. The summed E-state index contributed by atoms with van der Waals surface area (Å²) in [5, 5.41) is 9.04. The molecular weight excluding hydrogens is 250 g/mol. The van der Waals surface area contributed by atoms with Crippen LogP contribution in [0, 0.1) is 17.3 Å². The van der Waals surface area contributed by atoms with Gasteiger partial charge in [0.15, 0.2) is 4.88 Å². The Morgan fingerprint density at radius 1 is 1.56 bits per heavy atom. The molecular formula is C13H14NO3S+. The molecule has 0 aliphatic carbocycles. The van der Waals surface area contributed by atoms with Crippen LogP contribution in [0.1, 0.15) is 35.3 Å². The van der Waals surface area contributed by atoms with Crippen LogP contribution in [0.5, 0.6) is 0 Å². The maximum Gasteiger partial charge on any atom is 0.380 e. The minimum Gasteiger partial charge on any atom is -0.477 e. The maximum absolute atomic E-state index is 11.0. The second kappa shape index (κ2) is 5.15. The SMILES string of the molecule is C=[N+](C=O)c1cc(C#CC(C)(C)C)sc1C(=O)O. The molecule has 5 heteroatoms. The number of hydrogen-bond donors (Lipinski definition) is 1. The van der Waals surface area contributed by atoms with Crippen LogP contribution in [0.15, 0.2) is 6.07 Å². The summed E-state index contributed by atoms with van der Waals surface area (Å²) in [4.78, 5) is 22.4. The second-order valence-electron chi connectivity index (χ2n) is 4.71. The van der Waals surface area contributed by atoms with Gasteiger partial charge in [0.05, 0.1) is 4.88 Å². The minimum absolute atomic E-state index is 0.0651. The van der Waals surface area contributed by atoms with Crippen molar-refractivity contribution in [1.29, 1.82) is 0 Å². The van der Waals surface area contributed by atoms with Crippen molar-refractivity contribution in [3.8, 4) is 11.8 Å². The number of hydrogen-bond acceptors (Lipinski definition) is 3. The van der Waals surface area contributed by atoms with E-state index in [4.69, 9.17) is 5.11 Å². The summed E-state index contributed by atoms with van der Waals surface area (Å²) in [5.41, 5.74) is 0.100. The van der Waals surface area contributed by atoms with Crippen molar-refractivity contribution >= 4 is 36.1 Å². The molecule has 0 aliphatic heterocycles. The molecule has 1 amide bonds. The van der Waals surface area contributed by atoms with E-state index in [1.165, 1.54) is 0 Å². The van der Waals surface area contributed by atoms with Crippen LogP contribution < -0.4 is 0 Å². The summed E-state index contributed by atoms with van der Waals surface area (Å²) in [6.07, 6.45) is 0.468. The molecule has 1 heterocycles. The number of rotatable bonds is 3. The third-order valence-corrected chi connectivity index (χ3v) is 2.93. The van der Waals surface area contributed by atoms with Gasteiger partial charge in [-0.25, -0.2) is 9.59 Å². The Hall–Kier alpha value is -1.93. The second-order valence-corrected chi connectivity index (χ2v) is 5.76. The first kappa shape index (κ1) is 14.1. The molecule has 0 saturated heterocycles. The number of nitrogens with zero attached hydrogens (tertiary/aromatic N) is 1. The molecule has 18 heavy (non-hydrogen) atoms. The summed E-state index contributed by atoms with van der Waals surface area (Å²) >= 11 is 1.04. The summed E-state index contributed by atoms with van der Waals surface area (Å²) in [6, 6.07) is 1.56. The zero-order valence-electron chi connectivity index (χ0n) is 10.5. The van der Waals surface area contributed by atoms with Crippen molar-refractivity contribution in [2.45, 2.75) is 20.8 Å². The van der Waals surface area contributed by atoms with E-state index < -0.39 is 5.97 Å². The fourth-order valence-corrected chi connectivity index (χ4v) is 1.98. The van der Waals surface area contributed by atoms with E-state index in [2.05, 4.69) is 18.6 Å². The van der Waals surface area contributed by atoms with Crippen molar-refractivity contribution in [2.75, 3.05) is 0 Å².